The van der Waals surface area contributed by atoms with Crippen LogP contribution >= 0.6 is 11.6 Å². The van der Waals surface area contributed by atoms with Crippen molar-refractivity contribution in [2.24, 2.45) is 0 Å². The van der Waals surface area contributed by atoms with Crippen molar-refractivity contribution in [2.45, 2.75) is 23.4 Å². The molecule has 3 amide bonds. The molecule has 9 heteroatoms. The third-order valence-electron chi connectivity index (χ3n) is 4.77. The summed E-state index contributed by atoms with van der Waals surface area (Å²) < 4.78 is 27.3. The molecule has 140 valence electrons. The van der Waals surface area contributed by atoms with Crippen LogP contribution in [0.1, 0.15) is 6.42 Å². The normalized spacial score (nSPS) is 23.2. The van der Waals surface area contributed by atoms with Gasteiger partial charge in [-0.05, 0) is 42.8 Å². The minimum absolute atomic E-state index is 0.0588. The number of hydrogen-bond acceptors (Lipinski definition) is 4. The largest absolute Gasteiger partial charge is 0.332 e. The molecular weight excluding hydrogens is 390 g/mol. The van der Waals surface area contributed by atoms with E-state index in [9.17, 15) is 18.0 Å². The van der Waals surface area contributed by atoms with E-state index in [1.54, 1.807) is 30.3 Å². The third kappa shape index (κ3) is 2.99. The Bertz CT molecular complexity index is 995. The van der Waals surface area contributed by atoms with Gasteiger partial charge in [-0.25, -0.2) is 18.1 Å². The number of halogens is 1. The van der Waals surface area contributed by atoms with Crippen molar-refractivity contribution in [1.82, 2.24) is 9.62 Å². The molecule has 1 N–H and O–H groups in total. The molecule has 27 heavy (non-hydrogen) atoms. The summed E-state index contributed by atoms with van der Waals surface area (Å²) in [4.78, 5) is 26.6. The molecule has 0 radical (unpaired) electrons. The van der Waals surface area contributed by atoms with Crippen LogP contribution in [-0.2, 0) is 14.8 Å². The number of amides is 3. The number of benzene rings is 2. The molecule has 0 saturated carbocycles. The number of anilines is 1. The number of carbonyl (C=O) groups is 2. The fourth-order valence-corrected chi connectivity index (χ4v) is 5.26. The smallest absolute Gasteiger partial charge is 0.329 e. The van der Waals surface area contributed by atoms with Gasteiger partial charge in [0.25, 0.3) is 5.91 Å². The summed E-state index contributed by atoms with van der Waals surface area (Å²) in [5, 5.41) is 3.18. The molecular formula is C18H16ClN3O4S. The van der Waals surface area contributed by atoms with Gasteiger partial charge in [-0.3, -0.25) is 4.79 Å². The SMILES string of the molecule is O=C1N[C@@H]2CCN(S(=O)(=O)c3ccc(Cl)cc3)[C@H]2C(=O)N1c1ccccc1. The lowest BCUT2D eigenvalue weighted by molar-refractivity contribution is -0.122. The Labute approximate surface area is 161 Å². The molecule has 0 spiro atoms. The van der Waals surface area contributed by atoms with Crippen molar-refractivity contribution in [2.75, 3.05) is 11.4 Å². The van der Waals surface area contributed by atoms with E-state index in [1.807, 2.05) is 0 Å². The van der Waals surface area contributed by atoms with Crippen LogP contribution < -0.4 is 10.2 Å². The lowest BCUT2D eigenvalue weighted by atomic mass is 10.1. The van der Waals surface area contributed by atoms with Crippen molar-refractivity contribution in [3.63, 3.8) is 0 Å². The molecule has 0 unspecified atom stereocenters. The van der Waals surface area contributed by atoms with E-state index in [0.29, 0.717) is 17.1 Å². The van der Waals surface area contributed by atoms with Gasteiger partial charge in [-0.1, -0.05) is 29.8 Å². The van der Waals surface area contributed by atoms with E-state index in [1.165, 1.54) is 28.6 Å². The summed E-state index contributed by atoms with van der Waals surface area (Å²) >= 11 is 5.84. The number of rotatable bonds is 3. The molecule has 7 nitrogen and oxygen atoms in total. The van der Waals surface area contributed by atoms with Crippen LogP contribution in [0.2, 0.25) is 5.02 Å². The first-order chi connectivity index (χ1) is 12.9. The van der Waals surface area contributed by atoms with Crippen LogP contribution in [0.3, 0.4) is 0 Å². The van der Waals surface area contributed by atoms with E-state index in [4.69, 9.17) is 11.6 Å². The highest BCUT2D eigenvalue weighted by Crippen LogP contribution is 2.32. The van der Waals surface area contributed by atoms with Gasteiger partial charge in [-0.15, -0.1) is 0 Å². The maximum Gasteiger partial charge on any atom is 0.329 e. The van der Waals surface area contributed by atoms with Gasteiger partial charge in [0.2, 0.25) is 10.0 Å². The zero-order valence-corrected chi connectivity index (χ0v) is 15.7. The van der Waals surface area contributed by atoms with Gasteiger partial charge in [0.15, 0.2) is 0 Å². The number of urea groups is 1. The molecule has 2 aromatic carbocycles. The molecule has 2 saturated heterocycles. The van der Waals surface area contributed by atoms with Crippen LogP contribution in [0, 0.1) is 0 Å². The highest BCUT2D eigenvalue weighted by Gasteiger charge is 2.52. The topological polar surface area (TPSA) is 86.8 Å². The summed E-state index contributed by atoms with van der Waals surface area (Å²) in [6.07, 6.45) is 0.373. The summed E-state index contributed by atoms with van der Waals surface area (Å²) in [7, 11) is -3.91. The molecule has 2 aliphatic heterocycles. The van der Waals surface area contributed by atoms with Crippen LogP contribution in [-0.4, -0.2) is 43.3 Å². The molecule has 0 aliphatic carbocycles. The zero-order valence-electron chi connectivity index (χ0n) is 14.1. The van der Waals surface area contributed by atoms with E-state index in [0.717, 1.165) is 4.90 Å². The molecule has 2 atom stereocenters. The highest BCUT2D eigenvalue weighted by molar-refractivity contribution is 7.89. The Hall–Kier alpha value is -2.42. The monoisotopic (exact) mass is 405 g/mol. The molecule has 2 aliphatic rings. The second kappa shape index (κ2) is 6.63. The number of para-hydroxylation sites is 1. The Kier molecular flexibility index (Phi) is 4.41. The Balaban J connectivity index is 1.70. The van der Waals surface area contributed by atoms with Crippen molar-refractivity contribution in [1.29, 1.82) is 0 Å². The predicted molar refractivity (Wildman–Crippen MR) is 100.0 cm³/mol. The maximum absolute atomic E-state index is 13.1. The Morgan fingerprint density at radius 3 is 2.33 bits per heavy atom. The predicted octanol–water partition coefficient (Wildman–Crippen LogP) is 2.23. The molecule has 2 heterocycles. The Morgan fingerprint density at radius 1 is 1.00 bits per heavy atom. The summed E-state index contributed by atoms with van der Waals surface area (Å²) in [5.41, 5.74) is 0.397. The number of carbonyl (C=O) groups excluding carboxylic acids is 2. The maximum atomic E-state index is 13.1. The summed E-state index contributed by atoms with van der Waals surface area (Å²) in [5.74, 6) is -0.551. The van der Waals surface area contributed by atoms with Crippen molar-refractivity contribution < 1.29 is 18.0 Å². The third-order valence-corrected chi connectivity index (χ3v) is 6.92. The van der Waals surface area contributed by atoms with Crippen molar-refractivity contribution in [3.05, 3.63) is 59.6 Å². The van der Waals surface area contributed by atoms with Crippen LogP contribution in [0.5, 0.6) is 0 Å². The van der Waals surface area contributed by atoms with Gasteiger partial charge in [-0.2, -0.15) is 4.31 Å². The molecule has 2 fully saturated rings. The fraction of sp³-hybridized carbons (Fsp3) is 0.222. The average Bonchev–Trinajstić information content (AvgIpc) is 3.08. The minimum atomic E-state index is -3.91. The number of imide groups is 1. The van der Waals surface area contributed by atoms with Crippen LogP contribution in [0.15, 0.2) is 59.5 Å². The van der Waals surface area contributed by atoms with Gasteiger partial charge >= 0.3 is 6.03 Å². The number of sulfonamides is 1. The second-order valence-corrected chi connectivity index (χ2v) is 8.70. The molecule has 0 aromatic heterocycles. The van der Waals surface area contributed by atoms with E-state index in [-0.39, 0.29) is 11.4 Å². The fourth-order valence-electron chi connectivity index (χ4n) is 3.50. The molecule has 0 bridgehead atoms. The zero-order chi connectivity index (χ0) is 19.2. The van der Waals surface area contributed by atoms with E-state index in [2.05, 4.69) is 5.32 Å². The summed E-state index contributed by atoms with van der Waals surface area (Å²) in [6, 6.07) is 12.2. The van der Waals surface area contributed by atoms with E-state index >= 15 is 0 Å². The minimum Gasteiger partial charge on any atom is -0.332 e. The standard InChI is InChI=1S/C18H16ClN3O4S/c19-12-6-8-14(9-7-12)27(25,26)21-11-10-15-16(21)17(23)22(18(24)20-15)13-4-2-1-3-5-13/h1-9,15-16H,10-11H2,(H,20,24)/t15-,16-/m1/s1. The van der Waals surface area contributed by atoms with Gasteiger partial charge in [0.05, 0.1) is 16.6 Å². The van der Waals surface area contributed by atoms with Gasteiger partial charge in [0.1, 0.15) is 6.04 Å². The van der Waals surface area contributed by atoms with Crippen molar-refractivity contribution >= 4 is 39.2 Å². The summed E-state index contributed by atoms with van der Waals surface area (Å²) in [6.45, 7) is 0.148. The van der Waals surface area contributed by atoms with E-state index < -0.39 is 34.0 Å². The quantitative estimate of drug-likeness (QED) is 0.848. The molecule has 2 aromatic rings. The first-order valence-electron chi connectivity index (χ1n) is 8.36. The number of nitrogens with one attached hydrogen (secondary N) is 1. The Morgan fingerprint density at radius 2 is 1.67 bits per heavy atom. The van der Waals surface area contributed by atoms with Gasteiger partial charge < -0.3 is 5.32 Å². The highest BCUT2D eigenvalue weighted by atomic mass is 35.5. The lowest BCUT2D eigenvalue weighted by Crippen LogP contribution is -2.64. The van der Waals surface area contributed by atoms with Crippen molar-refractivity contribution in [3.8, 4) is 0 Å². The lowest BCUT2D eigenvalue weighted by Gasteiger charge is -2.36. The first-order valence-corrected chi connectivity index (χ1v) is 10.2. The van der Waals surface area contributed by atoms with Gasteiger partial charge in [0, 0.05) is 11.6 Å². The number of hydrogen-bond donors (Lipinski definition) is 1. The van der Waals surface area contributed by atoms with Crippen LogP contribution in [0.4, 0.5) is 10.5 Å². The second-order valence-electron chi connectivity index (χ2n) is 6.37. The number of fused-ring (bicyclic) bond motifs is 1. The molecule has 4 rings (SSSR count). The average molecular weight is 406 g/mol. The first kappa shape index (κ1) is 18.0. The van der Waals surface area contributed by atoms with Crippen LogP contribution in [0.25, 0.3) is 0 Å². The number of nitrogens with zero attached hydrogens (tertiary/aromatic N) is 2.